The van der Waals surface area contributed by atoms with Crippen molar-refractivity contribution in [1.82, 2.24) is 10.6 Å². The van der Waals surface area contributed by atoms with Crippen LogP contribution in [0, 0.1) is 11.8 Å². The maximum Gasteiger partial charge on any atom is 0.223 e. The lowest BCUT2D eigenvalue weighted by molar-refractivity contribution is -0.128. The quantitative estimate of drug-likeness (QED) is 0.824. The van der Waals surface area contributed by atoms with E-state index >= 15 is 0 Å². The number of carbonyl (C=O) groups excluding carboxylic acids is 1. The highest BCUT2D eigenvalue weighted by Gasteiger charge is 2.31. The Bertz CT molecular complexity index is 285. The van der Waals surface area contributed by atoms with Crippen LogP contribution in [0.5, 0.6) is 0 Å². The molecule has 0 aromatic rings. The van der Waals surface area contributed by atoms with E-state index in [0.717, 1.165) is 25.9 Å². The lowest BCUT2D eigenvalue weighted by atomic mass is 9.86. The van der Waals surface area contributed by atoms with Crippen LogP contribution >= 0.6 is 11.8 Å². The second kappa shape index (κ2) is 6.80. The first-order valence-electron chi connectivity index (χ1n) is 7.26. The average molecular weight is 270 g/mol. The largest absolute Gasteiger partial charge is 0.352 e. The fourth-order valence-corrected chi connectivity index (χ4v) is 4.17. The van der Waals surface area contributed by atoms with Gasteiger partial charge in [-0.25, -0.2) is 0 Å². The molecule has 18 heavy (non-hydrogen) atoms. The molecule has 1 aliphatic carbocycles. The Labute approximate surface area is 115 Å². The van der Waals surface area contributed by atoms with Gasteiger partial charge in [-0.2, -0.15) is 11.8 Å². The Morgan fingerprint density at radius 2 is 2.06 bits per heavy atom. The number of amides is 1. The minimum atomic E-state index is 0.218. The van der Waals surface area contributed by atoms with Crippen molar-refractivity contribution in [2.45, 2.75) is 50.3 Å². The molecule has 0 aromatic heterocycles. The minimum Gasteiger partial charge on any atom is -0.352 e. The fourth-order valence-electron chi connectivity index (χ4n) is 3.24. The Morgan fingerprint density at radius 3 is 2.78 bits per heavy atom. The molecule has 2 rings (SSSR count). The van der Waals surface area contributed by atoms with Crippen LogP contribution in [0.25, 0.3) is 0 Å². The molecular weight excluding hydrogens is 244 g/mol. The predicted octanol–water partition coefficient (Wildman–Crippen LogP) is 2.02. The summed E-state index contributed by atoms with van der Waals surface area (Å²) in [6.07, 6.45) is 8.17. The number of thioether (sulfide) groups is 1. The van der Waals surface area contributed by atoms with Crippen LogP contribution in [0.2, 0.25) is 0 Å². The van der Waals surface area contributed by atoms with E-state index < -0.39 is 0 Å². The van der Waals surface area contributed by atoms with Crippen molar-refractivity contribution in [3.05, 3.63) is 0 Å². The van der Waals surface area contributed by atoms with Crippen LogP contribution in [0.15, 0.2) is 0 Å². The summed E-state index contributed by atoms with van der Waals surface area (Å²) in [5.41, 5.74) is 0. The number of nitrogens with one attached hydrogen (secondary N) is 2. The first kappa shape index (κ1) is 14.2. The molecule has 2 fully saturated rings. The molecule has 3 nitrogen and oxygen atoms in total. The molecule has 4 heteroatoms. The summed E-state index contributed by atoms with van der Waals surface area (Å²) in [6, 6.07) is 0.406. The maximum atomic E-state index is 12.4. The minimum absolute atomic E-state index is 0.218. The Kier molecular flexibility index (Phi) is 5.37. The Balaban J connectivity index is 1.88. The van der Waals surface area contributed by atoms with Crippen LogP contribution in [-0.4, -0.2) is 36.5 Å². The Hall–Kier alpha value is -0.220. The third kappa shape index (κ3) is 3.41. The van der Waals surface area contributed by atoms with Gasteiger partial charge in [-0.1, -0.05) is 19.8 Å². The molecule has 0 radical (unpaired) electrons. The highest BCUT2D eigenvalue weighted by molar-refractivity contribution is 7.99. The van der Waals surface area contributed by atoms with E-state index in [1.807, 2.05) is 11.8 Å². The fraction of sp³-hybridized carbons (Fsp3) is 0.929. The van der Waals surface area contributed by atoms with Crippen molar-refractivity contribution in [3.8, 4) is 0 Å². The number of hydrogen-bond acceptors (Lipinski definition) is 3. The van der Waals surface area contributed by atoms with Gasteiger partial charge in [0, 0.05) is 17.2 Å². The maximum absolute atomic E-state index is 12.4. The van der Waals surface area contributed by atoms with Crippen LogP contribution in [0.4, 0.5) is 0 Å². The third-order valence-corrected chi connectivity index (χ3v) is 5.62. The molecule has 1 amide bonds. The number of carbonyl (C=O) groups is 1. The Morgan fingerprint density at radius 1 is 1.28 bits per heavy atom. The van der Waals surface area contributed by atoms with Gasteiger partial charge < -0.3 is 10.6 Å². The zero-order chi connectivity index (χ0) is 13.0. The summed E-state index contributed by atoms with van der Waals surface area (Å²) in [4.78, 5) is 12.4. The first-order chi connectivity index (χ1) is 8.72. The number of rotatable bonds is 3. The van der Waals surface area contributed by atoms with Crippen molar-refractivity contribution < 1.29 is 4.79 Å². The lowest BCUT2D eigenvalue weighted by Crippen LogP contribution is -2.49. The predicted molar refractivity (Wildman–Crippen MR) is 77.8 cm³/mol. The summed E-state index contributed by atoms with van der Waals surface area (Å²) in [7, 11) is 0. The number of piperidine rings is 1. The second-order valence-corrected chi connectivity index (χ2v) is 6.83. The topological polar surface area (TPSA) is 41.1 Å². The van der Waals surface area contributed by atoms with Crippen molar-refractivity contribution in [2.24, 2.45) is 11.8 Å². The second-order valence-electron chi connectivity index (χ2n) is 5.75. The smallest absolute Gasteiger partial charge is 0.223 e. The van der Waals surface area contributed by atoms with E-state index in [2.05, 4.69) is 23.8 Å². The first-order valence-corrected chi connectivity index (χ1v) is 8.55. The van der Waals surface area contributed by atoms with E-state index in [1.165, 1.54) is 19.3 Å². The van der Waals surface area contributed by atoms with E-state index in [1.54, 1.807) is 0 Å². The van der Waals surface area contributed by atoms with Crippen LogP contribution < -0.4 is 10.6 Å². The molecule has 4 unspecified atom stereocenters. The van der Waals surface area contributed by atoms with Crippen molar-refractivity contribution in [1.29, 1.82) is 0 Å². The van der Waals surface area contributed by atoms with E-state index in [9.17, 15) is 4.79 Å². The van der Waals surface area contributed by atoms with Gasteiger partial charge in [0.2, 0.25) is 5.91 Å². The standard InChI is InChI=1S/C14H26N2OS/c1-10-9-15-8-7-11(10)14(17)16-12-5-3-4-6-13(12)18-2/h10-13,15H,3-9H2,1-2H3,(H,16,17). The summed E-state index contributed by atoms with van der Waals surface area (Å²) in [6.45, 7) is 4.15. The van der Waals surface area contributed by atoms with E-state index in [4.69, 9.17) is 0 Å². The zero-order valence-electron chi connectivity index (χ0n) is 11.6. The van der Waals surface area contributed by atoms with Crippen LogP contribution in [-0.2, 0) is 4.79 Å². The molecule has 104 valence electrons. The van der Waals surface area contributed by atoms with Crippen LogP contribution in [0.3, 0.4) is 0 Å². The van der Waals surface area contributed by atoms with Gasteiger partial charge >= 0.3 is 0 Å². The summed E-state index contributed by atoms with van der Waals surface area (Å²) in [5.74, 6) is 0.987. The van der Waals surface area contributed by atoms with Crippen molar-refractivity contribution in [2.75, 3.05) is 19.3 Å². The van der Waals surface area contributed by atoms with Gasteiger partial charge in [0.25, 0.3) is 0 Å². The molecule has 0 aromatic carbocycles. The van der Waals surface area contributed by atoms with Crippen molar-refractivity contribution in [3.63, 3.8) is 0 Å². The molecule has 1 saturated heterocycles. The van der Waals surface area contributed by atoms with Gasteiger partial charge in [0.05, 0.1) is 0 Å². The summed E-state index contributed by atoms with van der Waals surface area (Å²) < 4.78 is 0. The van der Waals surface area contributed by atoms with E-state index in [-0.39, 0.29) is 5.92 Å². The number of hydrogen-bond donors (Lipinski definition) is 2. The van der Waals surface area contributed by atoms with Crippen molar-refractivity contribution >= 4 is 17.7 Å². The lowest BCUT2D eigenvalue weighted by Gasteiger charge is -2.34. The third-order valence-electron chi connectivity index (χ3n) is 4.46. The molecule has 1 saturated carbocycles. The molecule has 0 spiro atoms. The molecule has 1 aliphatic heterocycles. The zero-order valence-corrected chi connectivity index (χ0v) is 12.4. The van der Waals surface area contributed by atoms with Crippen LogP contribution in [0.1, 0.15) is 39.0 Å². The molecule has 2 aliphatic rings. The summed E-state index contributed by atoms with van der Waals surface area (Å²) in [5, 5.41) is 7.32. The van der Waals surface area contributed by atoms with Gasteiger partial charge in [-0.15, -0.1) is 0 Å². The molecule has 1 heterocycles. The van der Waals surface area contributed by atoms with Gasteiger partial charge in [-0.3, -0.25) is 4.79 Å². The summed E-state index contributed by atoms with van der Waals surface area (Å²) >= 11 is 1.92. The molecule has 0 bridgehead atoms. The highest BCUT2D eigenvalue weighted by Crippen LogP contribution is 2.28. The normalized spacial score (nSPS) is 37.2. The van der Waals surface area contributed by atoms with Gasteiger partial charge in [-0.05, 0) is 44.5 Å². The van der Waals surface area contributed by atoms with Gasteiger partial charge in [0.1, 0.15) is 0 Å². The SMILES string of the molecule is CSC1CCCCC1NC(=O)C1CCNCC1C. The molecule has 2 N–H and O–H groups in total. The van der Waals surface area contributed by atoms with E-state index in [0.29, 0.717) is 23.1 Å². The molecular formula is C14H26N2OS. The average Bonchev–Trinajstić information content (AvgIpc) is 2.39. The van der Waals surface area contributed by atoms with Gasteiger partial charge in [0.15, 0.2) is 0 Å². The highest BCUT2D eigenvalue weighted by atomic mass is 32.2. The monoisotopic (exact) mass is 270 g/mol. The molecule has 4 atom stereocenters.